The summed E-state index contributed by atoms with van der Waals surface area (Å²) in [7, 11) is 0. The fourth-order valence-corrected chi connectivity index (χ4v) is 4.89. The normalized spacial score (nSPS) is 22.0. The van der Waals surface area contributed by atoms with Gasteiger partial charge in [0.15, 0.2) is 5.78 Å². The van der Waals surface area contributed by atoms with Crippen LogP contribution in [-0.2, 0) is 4.79 Å². The van der Waals surface area contributed by atoms with E-state index in [-0.39, 0.29) is 17.6 Å². The molecule has 2 atom stereocenters. The maximum atomic E-state index is 13.2. The molecule has 0 amide bonds. The molecular weight excluding hydrogens is 344 g/mol. The second-order valence-electron chi connectivity index (χ2n) is 6.96. The van der Waals surface area contributed by atoms with Gasteiger partial charge in [0, 0.05) is 23.6 Å². The number of thiophene rings is 1. The SMILES string of the molecule is Cc1noc2c1[C@H](c1ccsc1)C1=C(C[C@@H](c3ccccc3)CC1=O)N2. The Morgan fingerprint density at radius 2 is 2.00 bits per heavy atom. The topological polar surface area (TPSA) is 55.1 Å². The highest BCUT2D eigenvalue weighted by molar-refractivity contribution is 7.08. The third-order valence-electron chi connectivity index (χ3n) is 5.41. The van der Waals surface area contributed by atoms with Crippen LogP contribution in [0, 0.1) is 6.92 Å². The molecule has 2 aliphatic rings. The number of fused-ring (bicyclic) bond motifs is 1. The fraction of sp³-hybridized carbons (Fsp3) is 0.238. The molecule has 0 bridgehead atoms. The molecule has 4 nitrogen and oxygen atoms in total. The van der Waals surface area contributed by atoms with Crippen LogP contribution in [0.25, 0.3) is 0 Å². The molecule has 1 aliphatic heterocycles. The first-order valence-corrected chi connectivity index (χ1v) is 9.73. The van der Waals surface area contributed by atoms with Gasteiger partial charge in [0.2, 0.25) is 5.88 Å². The number of anilines is 1. The zero-order valence-electron chi connectivity index (χ0n) is 14.4. The minimum Gasteiger partial charge on any atom is -0.338 e. The Morgan fingerprint density at radius 1 is 1.15 bits per heavy atom. The van der Waals surface area contributed by atoms with Gasteiger partial charge in [-0.15, -0.1) is 0 Å². The van der Waals surface area contributed by atoms with Gasteiger partial charge in [0.05, 0.1) is 11.3 Å². The number of hydrogen-bond donors (Lipinski definition) is 1. The van der Waals surface area contributed by atoms with E-state index < -0.39 is 0 Å². The molecule has 1 aromatic carbocycles. The summed E-state index contributed by atoms with van der Waals surface area (Å²) < 4.78 is 5.54. The van der Waals surface area contributed by atoms with Crippen molar-refractivity contribution in [2.24, 2.45) is 0 Å². The number of carbonyl (C=O) groups is 1. The van der Waals surface area contributed by atoms with E-state index in [1.807, 2.05) is 25.1 Å². The van der Waals surface area contributed by atoms with Crippen molar-refractivity contribution in [1.29, 1.82) is 0 Å². The van der Waals surface area contributed by atoms with E-state index >= 15 is 0 Å². The van der Waals surface area contributed by atoms with Gasteiger partial charge in [-0.25, -0.2) is 0 Å². The van der Waals surface area contributed by atoms with Gasteiger partial charge in [-0.3, -0.25) is 4.79 Å². The first-order chi connectivity index (χ1) is 12.7. The van der Waals surface area contributed by atoms with Crippen LogP contribution in [0.2, 0.25) is 0 Å². The van der Waals surface area contributed by atoms with Crippen molar-refractivity contribution in [3.8, 4) is 0 Å². The highest BCUT2D eigenvalue weighted by atomic mass is 32.1. The summed E-state index contributed by atoms with van der Waals surface area (Å²) in [5, 5.41) is 11.7. The minimum atomic E-state index is -0.0806. The summed E-state index contributed by atoms with van der Waals surface area (Å²) in [5.41, 5.74) is 6.05. The van der Waals surface area contributed by atoms with Gasteiger partial charge in [-0.2, -0.15) is 11.3 Å². The van der Waals surface area contributed by atoms with Gasteiger partial charge in [0.1, 0.15) is 0 Å². The number of ketones is 1. The molecule has 0 unspecified atom stereocenters. The first kappa shape index (κ1) is 15.6. The Bertz CT molecular complexity index is 1000. The Hall–Kier alpha value is -2.66. The van der Waals surface area contributed by atoms with E-state index in [2.05, 4.69) is 39.4 Å². The maximum Gasteiger partial charge on any atom is 0.233 e. The van der Waals surface area contributed by atoms with Gasteiger partial charge >= 0.3 is 0 Å². The van der Waals surface area contributed by atoms with Crippen LogP contribution in [0.15, 0.2) is 63.0 Å². The van der Waals surface area contributed by atoms with Crippen molar-refractivity contribution in [3.63, 3.8) is 0 Å². The zero-order chi connectivity index (χ0) is 17.7. The largest absolute Gasteiger partial charge is 0.338 e. The number of benzene rings is 1. The minimum absolute atomic E-state index is 0.0806. The molecule has 5 rings (SSSR count). The Kier molecular flexibility index (Phi) is 3.57. The van der Waals surface area contributed by atoms with Crippen molar-refractivity contribution < 1.29 is 9.32 Å². The van der Waals surface area contributed by atoms with Gasteiger partial charge in [0.25, 0.3) is 0 Å². The van der Waals surface area contributed by atoms with Crippen LogP contribution in [0.3, 0.4) is 0 Å². The molecule has 0 fully saturated rings. The molecule has 0 radical (unpaired) electrons. The van der Waals surface area contributed by atoms with Crippen molar-refractivity contribution in [1.82, 2.24) is 5.16 Å². The average molecular weight is 362 g/mol. The van der Waals surface area contributed by atoms with Crippen molar-refractivity contribution in [3.05, 3.63) is 80.8 Å². The highest BCUT2D eigenvalue weighted by Crippen LogP contribution is 2.49. The number of nitrogens with zero attached hydrogens (tertiary/aromatic N) is 1. The molecule has 1 N–H and O–H groups in total. The zero-order valence-corrected chi connectivity index (χ0v) is 15.2. The van der Waals surface area contributed by atoms with E-state index in [9.17, 15) is 4.79 Å². The summed E-state index contributed by atoms with van der Waals surface area (Å²) in [5.74, 6) is 1.01. The van der Waals surface area contributed by atoms with E-state index in [4.69, 9.17) is 4.52 Å². The molecule has 3 aromatic rings. The summed E-state index contributed by atoms with van der Waals surface area (Å²) in [6.07, 6.45) is 1.36. The van der Waals surface area contributed by atoms with Crippen LogP contribution in [0.1, 0.15) is 47.1 Å². The van der Waals surface area contributed by atoms with E-state index in [1.165, 1.54) is 5.56 Å². The van der Waals surface area contributed by atoms with Crippen molar-refractivity contribution in [2.75, 3.05) is 5.32 Å². The Morgan fingerprint density at radius 3 is 2.77 bits per heavy atom. The van der Waals surface area contributed by atoms with Crippen molar-refractivity contribution in [2.45, 2.75) is 31.6 Å². The van der Waals surface area contributed by atoms with E-state index in [1.54, 1.807) is 11.3 Å². The van der Waals surface area contributed by atoms with Gasteiger partial charge in [-0.05, 0) is 47.2 Å². The number of carbonyl (C=O) groups excluding carboxylic acids is 1. The monoisotopic (exact) mass is 362 g/mol. The lowest BCUT2D eigenvalue weighted by Gasteiger charge is -2.34. The first-order valence-electron chi connectivity index (χ1n) is 8.79. The summed E-state index contributed by atoms with van der Waals surface area (Å²) in [4.78, 5) is 13.2. The molecule has 130 valence electrons. The predicted octanol–water partition coefficient (Wildman–Crippen LogP) is 5.00. The summed E-state index contributed by atoms with van der Waals surface area (Å²) in [6, 6.07) is 12.4. The standard InChI is InChI=1S/C21H18N2O2S/c1-12-18-19(14-7-8-26-11-14)20-16(22-21(18)25-23-12)9-15(10-17(20)24)13-5-3-2-4-6-13/h2-8,11,15,19,22H,9-10H2,1H3/t15-,19+/m1/s1. The molecule has 0 saturated carbocycles. The molecular formula is C21H18N2O2S. The third-order valence-corrected chi connectivity index (χ3v) is 6.11. The molecule has 0 saturated heterocycles. The molecule has 0 spiro atoms. The average Bonchev–Trinajstić information content (AvgIpc) is 3.31. The fourth-order valence-electron chi connectivity index (χ4n) is 4.21. The number of Topliss-reactive ketones (excluding diaryl/α,β-unsaturated/α-hetero) is 1. The number of rotatable bonds is 2. The molecule has 2 aromatic heterocycles. The highest BCUT2D eigenvalue weighted by Gasteiger charge is 2.41. The van der Waals surface area contributed by atoms with E-state index in [0.29, 0.717) is 12.3 Å². The number of aromatic nitrogens is 1. The second-order valence-corrected chi connectivity index (χ2v) is 7.74. The van der Waals surface area contributed by atoms with Crippen LogP contribution in [0.5, 0.6) is 0 Å². The smallest absolute Gasteiger partial charge is 0.233 e. The lowest BCUT2D eigenvalue weighted by Crippen LogP contribution is -2.29. The lowest BCUT2D eigenvalue weighted by molar-refractivity contribution is -0.116. The van der Waals surface area contributed by atoms with E-state index in [0.717, 1.165) is 34.5 Å². The lowest BCUT2D eigenvalue weighted by atomic mass is 9.73. The second kappa shape index (κ2) is 5.95. The number of allylic oxidation sites excluding steroid dienone is 2. The molecule has 26 heavy (non-hydrogen) atoms. The Balaban J connectivity index is 1.62. The quantitative estimate of drug-likeness (QED) is 0.697. The number of hydrogen-bond acceptors (Lipinski definition) is 5. The van der Waals surface area contributed by atoms with Crippen LogP contribution < -0.4 is 5.32 Å². The van der Waals surface area contributed by atoms with Crippen LogP contribution in [0.4, 0.5) is 5.88 Å². The third kappa shape index (κ3) is 2.35. The molecule has 5 heteroatoms. The maximum absolute atomic E-state index is 13.2. The van der Waals surface area contributed by atoms with Gasteiger partial charge < -0.3 is 9.84 Å². The van der Waals surface area contributed by atoms with Crippen LogP contribution >= 0.6 is 11.3 Å². The molecule has 3 heterocycles. The predicted molar refractivity (Wildman–Crippen MR) is 101 cm³/mol. The molecule has 1 aliphatic carbocycles. The number of aryl methyl sites for hydroxylation is 1. The van der Waals surface area contributed by atoms with Crippen molar-refractivity contribution >= 4 is 23.0 Å². The number of nitrogens with one attached hydrogen (secondary N) is 1. The summed E-state index contributed by atoms with van der Waals surface area (Å²) >= 11 is 1.65. The Labute approximate surface area is 155 Å². The van der Waals surface area contributed by atoms with Gasteiger partial charge in [-0.1, -0.05) is 35.5 Å². The summed E-state index contributed by atoms with van der Waals surface area (Å²) in [6.45, 7) is 1.94. The van der Waals surface area contributed by atoms with Crippen LogP contribution in [-0.4, -0.2) is 10.9 Å².